The molecule has 1 heterocycles. The van der Waals surface area contributed by atoms with Crippen LogP contribution in [0.25, 0.3) is 0 Å². The molecule has 1 aromatic heterocycles. The van der Waals surface area contributed by atoms with Crippen molar-refractivity contribution in [3.63, 3.8) is 0 Å². The van der Waals surface area contributed by atoms with Gasteiger partial charge < -0.3 is 9.88 Å². The number of anilines is 1. The molecule has 0 unspecified atom stereocenters. The van der Waals surface area contributed by atoms with Crippen LogP contribution < -0.4 is 5.32 Å². The minimum Gasteiger partial charge on any atom is -0.325 e. The summed E-state index contributed by atoms with van der Waals surface area (Å²) in [4.78, 5) is 12.3. The van der Waals surface area contributed by atoms with E-state index in [-0.39, 0.29) is 16.2 Å². The lowest BCUT2D eigenvalue weighted by Crippen LogP contribution is -2.23. The SMILES string of the molecule is CCn1c(S[C@@H](C)C(=O)Nc2ccc(F)c(Cl)c2)nnc1C1CC1. The molecule has 0 bridgehead atoms. The third-order valence-electron chi connectivity index (χ3n) is 3.84. The molecule has 1 saturated carbocycles. The van der Waals surface area contributed by atoms with Gasteiger partial charge in [-0.1, -0.05) is 23.4 Å². The van der Waals surface area contributed by atoms with E-state index >= 15 is 0 Å². The number of nitrogens with one attached hydrogen (secondary N) is 1. The Kier molecular flexibility index (Phi) is 5.10. The highest BCUT2D eigenvalue weighted by Crippen LogP contribution is 2.40. The lowest BCUT2D eigenvalue weighted by Gasteiger charge is -2.13. The fraction of sp³-hybridized carbons (Fsp3) is 0.438. The summed E-state index contributed by atoms with van der Waals surface area (Å²) < 4.78 is 15.2. The molecule has 2 aromatic rings. The molecule has 0 spiro atoms. The van der Waals surface area contributed by atoms with Gasteiger partial charge in [0.15, 0.2) is 5.16 Å². The van der Waals surface area contributed by atoms with Crippen LogP contribution in [0.1, 0.15) is 38.4 Å². The molecule has 0 saturated heterocycles. The number of carbonyl (C=O) groups excluding carboxylic acids is 1. The van der Waals surface area contributed by atoms with Crippen molar-refractivity contribution in [3.05, 3.63) is 34.9 Å². The molecule has 1 N–H and O–H groups in total. The summed E-state index contributed by atoms with van der Waals surface area (Å²) >= 11 is 7.10. The zero-order chi connectivity index (χ0) is 17.3. The van der Waals surface area contributed by atoms with Gasteiger partial charge >= 0.3 is 0 Å². The van der Waals surface area contributed by atoms with E-state index in [2.05, 4.69) is 20.1 Å². The van der Waals surface area contributed by atoms with E-state index in [9.17, 15) is 9.18 Å². The van der Waals surface area contributed by atoms with Crippen LogP contribution in [0, 0.1) is 5.82 Å². The summed E-state index contributed by atoms with van der Waals surface area (Å²) in [6.07, 6.45) is 2.31. The van der Waals surface area contributed by atoms with Crippen LogP contribution in [0.3, 0.4) is 0 Å². The van der Waals surface area contributed by atoms with E-state index < -0.39 is 5.82 Å². The molecular weight excluding hydrogens is 351 g/mol. The molecule has 1 atom stereocenters. The van der Waals surface area contributed by atoms with E-state index in [1.165, 1.54) is 30.0 Å². The van der Waals surface area contributed by atoms with Gasteiger partial charge in [-0.2, -0.15) is 0 Å². The van der Waals surface area contributed by atoms with Gasteiger partial charge in [-0.05, 0) is 44.9 Å². The molecule has 1 aliphatic rings. The molecule has 3 rings (SSSR count). The molecule has 0 radical (unpaired) electrons. The maximum atomic E-state index is 13.2. The molecule has 128 valence electrons. The van der Waals surface area contributed by atoms with Crippen LogP contribution in [0.4, 0.5) is 10.1 Å². The van der Waals surface area contributed by atoms with Gasteiger partial charge in [0.05, 0.1) is 10.3 Å². The number of benzene rings is 1. The van der Waals surface area contributed by atoms with Gasteiger partial charge in [-0.15, -0.1) is 10.2 Å². The lowest BCUT2D eigenvalue weighted by atomic mass is 10.3. The minimum absolute atomic E-state index is 0.0205. The highest BCUT2D eigenvalue weighted by atomic mass is 35.5. The Balaban J connectivity index is 1.66. The second-order valence-electron chi connectivity index (χ2n) is 5.74. The smallest absolute Gasteiger partial charge is 0.237 e. The van der Waals surface area contributed by atoms with Gasteiger partial charge in [-0.25, -0.2) is 4.39 Å². The fourth-order valence-electron chi connectivity index (χ4n) is 2.36. The monoisotopic (exact) mass is 368 g/mol. The lowest BCUT2D eigenvalue weighted by molar-refractivity contribution is -0.115. The maximum Gasteiger partial charge on any atom is 0.237 e. The summed E-state index contributed by atoms with van der Waals surface area (Å²) in [5.41, 5.74) is 0.467. The Morgan fingerprint density at radius 3 is 2.88 bits per heavy atom. The third-order valence-corrected chi connectivity index (χ3v) is 5.21. The first-order chi connectivity index (χ1) is 11.5. The highest BCUT2D eigenvalue weighted by Gasteiger charge is 2.30. The second kappa shape index (κ2) is 7.11. The normalized spacial score (nSPS) is 15.3. The number of hydrogen-bond acceptors (Lipinski definition) is 4. The van der Waals surface area contributed by atoms with Gasteiger partial charge in [0.25, 0.3) is 0 Å². The van der Waals surface area contributed by atoms with Crippen molar-refractivity contribution in [3.8, 4) is 0 Å². The zero-order valence-electron chi connectivity index (χ0n) is 13.4. The van der Waals surface area contributed by atoms with Crippen LogP contribution in [0.2, 0.25) is 5.02 Å². The first kappa shape index (κ1) is 17.2. The number of hydrogen-bond donors (Lipinski definition) is 1. The van der Waals surface area contributed by atoms with Gasteiger partial charge in [-0.3, -0.25) is 4.79 Å². The summed E-state index contributed by atoms with van der Waals surface area (Å²) in [6, 6.07) is 4.10. The minimum atomic E-state index is -0.513. The van der Waals surface area contributed by atoms with E-state index in [1.807, 2.05) is 6.92 Å². The van der Waals surface area contributed by atoms with E-state index in [1.54, 1.807) is 6.92 Å². The predicted octanol–water partition coefficient (Wildman–Crippen LogP) is 4.09. The Morgan fingerprint density at radius 2 is 2.25 bits per heavy atom. The molecule has 5 nitrogen and oxygen atoms in total. The average molecular weight is 369 g/mol. The van der Waals surface area contributed by atoms with Crippen LogP contribution in [0.5, 0.6) is 0 Å². The largest absolute Gasteiger partial charge is 0.325 e. The topological polar surface area (TPSA) is 59.8 Å². The standard InChI is InChI=1S/C16H18ClFN4OS/c1-3-22-14(10-4-5-10)20-21-16(22)24-9(2)15(23)19-11-6-7-13(18)12(17)8-11/h6-10H,3-5H2,1-2H3,(H,19,23)/t9-/m0/s1. The van der Waals surface area contributed by atoms with Gasteiger partial charge in [0.2, 0.25) is 5.91 Å². The summed E-state index contributed by atoms with van der Waals surface area (Å²) in [5.74, 6) is 0.817. The van der Waals surface area contributed by atoms with Crippen molar-refractivity contribution in [1.29, 1.82) is 0 Å². The van der Waals surface area contributed by atoms with Crippen LogP contribution in [0.15, 0.2) is 23.4 Å². The van der Waals surface area contributed by atoms with E-state index in [0.29, 0.717) is 11.6 Å². The number of nitrogens with zero attached hydrogens (tertiary/aromatic N) is 3. The first-order valence-corrected chi connectivity index (χ1v) is 9.11. The van der Waals surface area contributed by atoms with Crippen LogP contribution >= 0.6 is 23.4 Å². The number of thioether (sulfide) groups is 1. The second-order valence-corrected chi connectivity index (χ2v) is 7.45. The Bertz CT molecular complexity index is 763. The van der Waals surface area contributed by atoms with Crippen LogP contribution in [-0.4, -0.2) is 25.9 Å². The van der Waals surface area contributed by atoms with Crippen molar-refractivity contribution in [2.45, 2.75) is 49.6 Å². The fourth-order valence-corrected chi connectivity index (χ4v) is 3.46. The average Bonchev–Trinajstić information content (AvgIpc) is 3.32. The van der Waals surface area contributed by atoms with Crippen molar-refractivity contribution in [2.75, 3.05) is 5.32 Å². The Labute approximate surface area is 149 Å². The number of aromatic nitrogens is 3. The molecule has 1 aliphatic carbocycles. The summed E-state index contributed by atoms with van der Waals surface area (Å²) in [6.45, 7) is 4.63. The molecule has 24 heavy (non-hydrogen) atoms. The number of amides is 1. The van der Waals surface area contributed by atoms with Crippen molar-refractivity contribution in [1.82, 2.24) is 14.8 Å². The number of halogens is 2. The third kappa shape index (κ3) is 3.72. The van der Waals surface area contributed by atoms with E-state index in [4.69, 9.17) is 11.6 Å². The molecule has 1 amide bonds. The van der Waals surface area contributed by atoms with Gasteiger partial charge in [0, 0.05) is 18.2 Å². The van der Waals surface area contributed by atoms with Crippen LogP contribution in [-0.2, 0) is 11.3 Å². The number of carbonyl (C=O) groups is 1. The Hall–Kier alpha value is -1.60. The molecule has 1 aromatic carbocycles. The predicted molar refractivity (Wildman–Crippen MR) is 93.0 cm³/mol. The first-order valence-electron chi connectivity index (χ1n) is 7.85. The quantitative estimate of drug-likeness (QED) is 0.780. The zero-order valence-corrected chi connectivity index (χ0v) is 15.0. The molecule has 0 aliphatic heterocycles. The van der Waals surface area contributed by atoms with E-state index in [0.717, 1.165) is 30.4 Å². The molecule has 1 fully saturated rings. The summed E-state index contributed by atoms with van der Waals surface area (Å²) in [7, 11) is 0. The van der Waals surface area contributed by atoms with Crippen molar-refractivity contribution >= 4 is 35.0 Å². The summed E-state index contributed by atoms with van der Waals surface area (Å²) in [5, 5.41) is 11.6. The Morgan fingerprint density at radius 1 is 1.50 bits per heavy atom. The van der Waals surface area contributed by atoms with Crippen molar-refractivity contribution in [2.24, 2.45) is 0 Å². The van der Waals surface area contributed by atoms with Gasteiger partial charge in [0.1, 0.15) is 11.6 Å². The highest BCUT2D eigenvalue weighted by molar-refractivity contribution is 8.00. The maximum absolute atomic E-state index is 13.2. The molecular formula is C16H18ClFN4OS. The number of rotatable bonds is 6. The van der Waals surface area contributed by atoms with Crippen molar-refractivity contribution < 1.29 is 9.18 Å². The molecule has 8 heteroatoms.